The van der Waals surface area contributed by atoms with Crippen LogP contribution in [0.3, 0.4) is 0 Å². The molecule has 0 saturated heterocycles. The maximum Gasteiger partial charge on any atom is 0.256 e. The first-order chi connectivity index (χ1) is 10.9. The highest BCUT2D eigenvalue weighted by atomic mass is 35.5. The lowest BCUT2D eigenvalue weighted by Gasteiger charge is -2.10. The van der Waals surface area contributed by atoms with Gasteiger partial charge in [0.25, 0.3) is 5.91 Å². The fourth-order valence-electron chi connectivity index (χ4n) is 2.11. The zero-order valence-electron chi connectivity index (χ0n) is 12.7. The van der Waals surface area contributed by atoms with Gasteiger partial charge in [-0.05, 0) is 37.6 Å². The molecule has 2 N–H and O–H groups in total. The number of anilines is 1. The number of carbonyl (C=O) groups is 2. The first-order valence-corrected chi connectivity index (χ1v) is 7.35. The van der Waals surface area contributed by atoms with Gasteiger partial charge in [0.1, 0.15) is 5.82 Å². The summed E-state index contributed by atoms with van der Waals surface area (Å²) in [4.78, 5) is 23.8. The normalized spacial score (nSPS) is 10.3. The Morgan fingerprint density at radius 1 is 1.17 bits per heavy atom. The third-order valence-corrected chi connectivity index (χ3v) is 3.57. The van der Waals surface area contributed by atoms with Crippen molar-refractivity contribution in [2.24, 2.45) is 0 Å². The molecule has 0 aliphatic heterocycles. The van der Waals surface area contributed by atoms with E-state index in [1.54, 1.807) is 6.07 Å². The van der Waals surface area contributed by atoms with Crippen molar-refractivity contribution in [1.82, 2.24) is 5.32 Å². The van der Waals surface area contributed by atoms with Gasteiger partial charge in [-0.15, -0.1) is 0 Å². The summed E-state index contributed by atoms with van der Waals surface area (Å²) < 4.78 is 13.6. The van der Waals surface area contributed by atoms with Crippen LogP contribution in [0.25, 0.3) is 0 Å². The molecule has 2 aromatic rings. The molecule has 0 fully saturated rings. The van der Waals surface area contributed by atoms with Crippen molar-refractivity contribution in [3.05, 3.63) is 63.9 Å². The number of aryl methyl sites for hydroxylation is 2. The quantitative estimate of drug-likeness (QED) is 0.899. The highest BCUT2D eigenvalue weighted by molar-refractivity contribution is 6.33. The highest BCUT2D eigenvalue weighted by Gasteiger charge is 2.16. The molecule has 0 heterocycles. The summed E-state index contributed by atoms with van der Waals surface area (Å²) in [6, 6.07) is 9.55. The van der Waals surface area contributed by atoms with Crippen LogP contribution in [0.15, 0.2) is 36.4 Å². The molecular formula is C17H16ClFN2O2. The van der Waals surface area contributed by atoms with Gasteiger partial charge in [-0.25, -0.2) is 4.39 Å². The molecule has 0 aromatic heterocycles. The molecule has 0 aliphatic rings. The van der Waals surface area contributed by atoms with E-state index in [1.165, 1.54) is 12.1 Å². The minimum absolute atomic E-state index is 0.00251. The number of rotatable bonds is 4. The summed E-state index contributed by atoms with van der Waals surface area (Å²) in [5, 5.41) is 5.05. The molecule has 0 bridgehead atoms. The number of amides is 2. The predicted octanol–water partition coefficient (Wildman–Crippen LogP) is 3.46. The van der Waals surface area contributed by atoms with Crippen molar-refractivity contribution < 1.29 is 14.0 Å². The van der Waals surface area contributed by atoms with Gasteiger partial charge >= 0.3 is 0 Å². The summed E-state index contributed by atoms with van der Waals surface area (Å²) in [5.74, 6) is -1.87. The number of carbonyl (C=O) groups excluding carboxylic acids is 2. The Kier molecular flexibility index (Phi) is 5.34. The summed E-state index contributed by atoms with van der Waals surface area (Å²) in [6.07, 6.45) is 0. The van der Waals surface area contributed by atoms with E-state index in [0.29, 0.717) is 5.69 Å². The number of hydrogen-bond acceptors (Lipinski definition) is 2. The molecule has 2 amide bonds. The fraction of sp³-hybridized carbons (Fsp3) is 0.176. The fourth-order valence-corrected chi connectivity index (χ4v) is 2.36. The molecule has 0 saturated carbocycles. The van der Waals surface area contributed by atoms with E-state index in [1.807, 2.05) is 26.0 Å². The Balaban J connectivity index is 1.98. The van der Waals surface area contributed by atoms with Gasteiger partial charge in [0.15, 0.2) is 0 Å². The van der Waals surface area contributed by atoms with E-state index in [9.17, 15) is 14.0 Å². The molecule has 23 heavy (non-hydrogen) atoms. The van der Waals surface area contributed by atoms with Crippen LogP contribution in [0.5, 0.6) is 0 Å². The van der Waals surface area contributed by atoms with Gasteiger partial charge in [-0.1, -0.05) is 35.4 Å². The molecule has 0 radical (unpaired) electrons. The van der Waals surface area contributed by atoms with Crippen LogP contribution in [-0.2, 0) is 4.79 Å². The van der Waals surface area contributed by atoms with Gasteiger partial charge < -0.3 is 10.6 Å². The molecule has 6 heteroatoms. The Morgan fingerprint density at radius 3 is 2.57 bits per heavy atom. The largest absolute Gasteiger partial charge is 0.343 e. The SMILES string of the molecule is Cc1ccc(NC(=O)CNC(=O)c2c(F)cccc2Cl)c(C)c1. The van der Waals surface area contributed by atoms with Crippen LogP contribution < -0.4 is 10.6 Å². The van der Waals surface area contributed by atoms with E-state index < -0.39 is 17.6 Å². The predicted molar refractivity (Wildman–Crippen MR) is 88.3 cm³/mol. The average Bonchev–Trinajstić information content (AvgIpc) is 2.48. The van der Waals surface area contributed by atoms with Gasteiger partial charge in [0, 0.05) is 5.69 Å². The summed E-state index contributed by atoms with van der Waals surface area (Å²) >= 11 is 5.80. The Hall–Kier alpha value is -2.40. The minimum Gasteiger partial charge on any atom is -0.343 e. The van der Waals surface area contributed by atoms with Crippen LogP contribution in [0.2, 0.25) is 5.02 Å². The van der Waals surface area contributed by atoms with Crippen molar-refractivity contribution in [2.75, 3.05) is 11.9 Å². The monoisotopic (exact) mass is 334 g/mol. The smallest absolute Gasteiger partial charge is 0.256 e. The van der Waals surface area contributed by atoms with Crippen LogP contribution in [0.4, 0.5) is 10.1 Å². The van der Waals surface area contributed by atoms with E-state index in [4.69, 9.17) is 11.6 Å². The lowest BCUT2D eigenvalue weighted by atomic mass is 10.1. The lowest BCUT2D eigenvalue weighted by molar-refractivity contribution is -0.115. The van der Waals surface area contributed by atoms with Crippen LogP contribution in [0, 0.1) is 19.7 Å². The Labute approximate surface area is 138 Å². The zero-order valence-corrected chi connectivity index (χ0v) is 13.5. The van der Waals surface area contributed by atoms with Gasteiger partial charge in [0.05, 0.1) is 17.1 Å². The topological polar surface area (TPSA) is 58.2 Å². The number of halogens is 2. The Bertz CT molecular complexity index is 742. The molecular weight excluding hydrogens is 319 g/mol. The number of hydrogen-bond donors (Lipinski definition) is 2. The van der Waals surface area contributed by atoms with Gasteiger partial charge in [-0.3, -0.25) is 9.59 Å². The van der Waals surface area contributed by atoms with Crippen molar-refractivity contribution in [3.8, 4) is 0 Å². The second-order valence-corrected chi connectivity index (χ2v) is 5.55. The van der Waals surface area contributed by atoms with Crippen molar-refractivity contribution >= 4 is 29.1 Å². The molecule has 0 aliphatic carbocycles. The van der Waals surface area contributed by atoms with Crippen molar-refractivity contribution in [1.29, 1.82) is 0 Å². The van der Waals surface area contributed by atoms with Crippen LogP contribution in [-0.4, -0.2) is 18.4 Å². The van der Waals surface area contributed by atoms with Gasteiger partial charge in [0.2, 0.25) is 5.91 Å². The molecule has 0 unspecified atom stereocenters. The standard InChI is InChI=1S/C17H16ClFN2O2/c1-10-6-7-14(11(2)8-10)21-15(22)9-20-17(23)16-12(18)4-3-5-13(16)19/h3-8H,9H2,1-2H3,(H,20,23)(H,21,22). The van der Waals surface area contributed by atoms with Crippen molar-refractivity contribution in [2.45, 2.75) is 13.8 Å². The first-order valence-electron chi connectivity index (χ1n) is 6.98. The lowest BCUT2D eigenvalue weighted by Crippen LogP contribution is -2.33. The van der Waals surface area contributed by atoms with E-state index in [0.717, 1.165) is 17.2 Å². The molecule has 2 aromatic carbocycles. The van der Waals surface area contributed by atoms with Crippen LogP contribution >= 0.6 is 11.6 Å². The van der Waals surface area contributed by atoms with Crippen LogP contribution in [0.1, 0.15) is 21.5 Å². The maximum atomic E-state index is 13.6. The summed E-state index contributed by atoms with van der Waals surface area (Å²) in [7, 11) is 0. The third-order valence-electron chi connectivity index (χ3n) is 3.26. The molecule has 0 atom stereocenters. The first kappa shape index (κ1) is 17.0. The maximum absolute atomic E-state index is 13.6. The van der Waals surface area contributed by atoms with E-state index >= 15 is 0 Å². The minimum atomic E-state index is -0.733. The summed E-state index contributed by atoms with van der Waals surface area (Å²) in [5.41, 5.74) is 2.40. The molecule has 2 rings (SSSR count). The molecule has 0 spiro atoms. The molecule has 4 nitrogen and oxygen atoms in total. The molecule has 120 valence electrons. The number of nitrogens with one attached hydrogen (secondary N) is 2. The third kappa shape index (κ3) is 4.29. The van der Waals surface area contributed by atoms with E-state index in [-0.39, 0.29) is 17.1 Å². The zero-order chi connectivity index (χ0) is 17.0. The Morgan fingerprint density at radius 2 is 1.91 bits per heavy atom. The van der Waals surface area contributed by atoms with Gasteiger partial charge in [-0.2, -0.15) is 0 Å². The second-order valence-electron chi connectivity index (χ2n) is 5.15. The van der Waals surface area contributed by atoms with Crippen molar-refractivity contribution in [3.63, 3.8) is 0 Å². The second kappa shape index (κ2) is 7.24. The summed E-state index contributed by atoms with van der Waals surface area (Å²) in [6.45, 7) is 3.55. The average molecular weight is 335 g/mol. The van der Waals surface area contributed by atoms with E-state index in [2.05, 4.69) is 10.6 Å². The number of benzene rings is 2. The highest BCUT2D eigenvalue weighted by Crippen LogP contribution is 2.19.